The van der Waals surface area contributed by atoms with E-state index in [1.807, 2.05) is 26.0 Å². The van der Waals surface area contributed by atoms with Crippen molar-refractivity contribution in [3.8, 4) is 0 Å². The van der Waals surface area contributed by atoms with E-state index in [4.69, 9.17) is 4.42 Å². The zero-order valence-electron chi connectivity index (χ0n) is 12.1. The zero-order valence-corrected chi connectivity index (χ0v) is 12.1. The number of hydrogen-bond donors (Lipinski definition) is 2. The Kier molecular flexibility index (Phi) is 4.77. The lowest BCUT2D eigenvalue weighted by atomic mass is 10.1. The van der Waals surface area contributed by atoms with Crippen LogP contribution < -0.4 is 10.6 Å². The lowest BCUT2D eigenvalue weighted by molar-refractivity contribution is -0.120. The van der Waals surface area contributed by atoms with E-state index >= 15 is 0 Å². The second-order valence-electron chi connectivity index (χ2n) is 4.84. The van der Waals surface area contributed by atoms with E-state index in [2.05, 4.69) is 10.6 Å². The lowest BCUT2D eigenvalue weighted by Gasteiger charge is -2.07. The molecule has 0 aliphatic heterocycles. The molecule has 2 aromatic rings. The third kappa shape index (κ3) is 4.21. The van der Waals surface area contributed by atoms with Crippen LogP contribution in [0.15, 0.2) is 41.0 Å². The van der Waals surface area contributed by atoms with Crippen LogP contribution in [0.25, 0.3) is 0 Å². The first-order valence-electron chi connectivity index (χ1n) is 6.71. The molecule has 0 atom stereocenters. The first-order valence-corrected chi connectivity index (χ1v) is 6.71. The Morgan fingerprint density at radius 3 is 2.57 bits per heavy atom. The molecular weight excluding hydrogens is 268 g/mol. The first-order chi connectivity index (χ1) is 10.1. The van der Waals surface area contributed by atoms with Crippen molar-refractivity contribution in [3.05, 3.63) is 59.0 Å². The van der Waals surface area contributed by atoms with Crippen LogP contribution in [0.4, 0.5) is 0 Å². The van der Waals surface area contributed by atoms with E-state index in [-0.39, 0.29) is 18.4 Å². The summed E-state index contributed by atoms with van der Waals surface area (Å²) in [5, 5.41) is 5.26. The first kappa shape index (κ1) is 14.8. The number of amides is 2. The van der Waals surface area contributed by atoms with Crippen molar-refractivity contribution >= 4 is 11.8 Å². The minimum Gasteiger partial charge on any atom is -0.467 e. The highest BCUT2D eigenvalue weighted by molar-refractivity contribution is 5.96. The number of carbonyl (C=O) groups excluding carboxylic acids is 2. The maximum Gasteiger partial charge on any atom is 0.251 e. The highest BCUT2D eigenvalue weighted by Crippen LogP contribution is 2.09. The molecule has 0 radical (unpaired) electrons. The highest BCUT2D eigenvalue weighted by Gasteiger charge is 2.09. The molecule has 5 heteroatoms. The molecular formula is C16H18N2O3. The van der Waals surface area contributed by atoms with Crippen LogP contribution in [0.2, 0.25) is 0 Å². The van der Waals surface area contributed by atoms with Gasteiger partial charge in [0, 0.05) is 5.56 Å². The van der Waals surface area contributed by atoms with E-state index in [9.17, 15) is 9.59 Å². The molecule has 110 valence electrons. The van der Waals surface area contributed by atoms with Gasteiger partial charge >= 0.3 is 0 Å². The van der Waals surface area contributed by atoms with E-state index in [0.717, 1.165) is 11.1 Å². The summed E-state index contributed by atoms with van der Waals surface area (Å²) in [7, 11) is 0. The molecule has 2 rings (SSSR count). The average molecular weight is 286 g/mol. The lowest BCUT2D eigenvalue weighted by Crippen LogP contribution is -2.36. The summed E-state index contributed by atoms with van der Waals surface area (Å²) in [6.07, 6.45) is 1.54. The maximum atomic E-state index is 11.9. The van der Waals surface area contributed by atoms with E-state index in [1.165, 1.54) is 0 Å². The topological polar surface area (TPSA) is 71.3 Å². The zero-order chi connectivity index (χ0) is 15.2. The van der Waals surface area contributed by atoms with E-state index < -0.39 is 0 Å². The molecule has 21 heavy (non-hydrogen) atoms. The van der Waals surface area contributed by atoms with Gasteiger partial charge in [-0.3, -0.25) is 9.59 Å². The second kappa shape index (κ2) is 6.74. The number of carbonyl (C=O) groups is 2. The van der Waals surface area contributed by atoms with Crippen LogP contribution in [-0.2, 0) is 11.3 Å². The molecule has 2 N–H and O–H groups in total. The summed E-state index contributed by atoms with van der Waals surface area (Å²) in [4.78, 5) is 23.6. The predicted molar refractivity (Wildman–Crippen MR) is 78.8 cm³/mol. The van der Waals surface area contributed by atoms with Gasteiger partial charge in [0.2, 0.25) is 5.91 Å². The molecule has 0 aliphatic rings. The summed E-state index contributed by atoms with van der Waals surface area (Å²) >= 11 is 0. The van der Waals surface area contributed by atoms with Gasteiger partial charge in [0.25, 0.3) is 5.91 Å². The predicted octanol–water partition coefficient (Wildman–Crippen LogP) is 1.94. The van der Waals surface area contributed by atoms with Crippen LogP contribution in [0.1, 0.15) is 27.2 Å². The quantitative estimate of drug-likeness (QED) is 0.882. The van der Waals surface area contributed by atoms with Crippen LogP contribution in [0.3, 0.4) is 0 Å². The van der Waals surface area contributed by atoms with Gasteiger partial charge < -0.3 is 15.1 Å². The average Bonchev–Trinajstić information content (AvgIpc) is 2.98. The number of nitrogens with one attached hydrogen (secondary N) is 2. The number of aryl methyl sites for hydroxylation is 2. The fourth-order valence-electron chi connectivity index (χ4n) is 1.81. The second-order valence-corrected chi connectivity index (χ2v) is 4.84. The van der Waals surface area contributed by atoms with Gasteiger partial charge in [-0.1, -0.05) is 6.07 Å². The Morgan fingerprint density at radius 2 is 1.90 bits per heavy atom. The molecule has 0 saturated carbocycles. The van der Waals surface area contributed by atoms with Gasteiger partial charge in [0.15, 0.2) is 0 Å². The van der Waals surface area contributed by atoms with Crippen LogP contribution in [-0.4, -0.2) is 18.4 Å². The highest BCUT2D eigenvalue weighted by atomic mass is 16.3. The molecule has 1 aromatic carbocycles. The molecule has 1 heterocycles. The number of furan rings is 1. The summed E-state index contributed by atoms with van der Waals surface area (Å²) in [5.74, 6) is 0.152. The SMILES string of the molecule is Cc1ccc(C(=O)NCC(=O)NCc2ccco2)cc1C. The molecule has 5 nitrogen and oxygen atoms in total. The van der Waals surface area contributed by atoms with Gasteiger partial charge in [0.1, 0.15) is 5.76 Å². The van der Waals surface area contributed by atoms with Gasteiger partial charge in [-0.2, -0.15) is 0 Å². The van der Waals surface area contributed by atoms with Crippen LogP contribution in [0.5, 0.6) is 0 Å². The van der Waals surface area contributed by atoms with Crippen molar-refractivity contribution in [1.29, 1.82) is 0 Å². The van der Waals surface area contributed by atoms with Crippen LogP contribution >= 0.6 is 0 Å². The minimum absolute atomic E-state index is 0.0630. The van der Waals surface area contributed by atoms with Gasteiger partial charge in [-0.15, -0.1) is 0 Å². The summed E-state index contributed by atoms with van der Waals surface area (Å²) in [6.45, 7) is 4.18. The third-order valence-corrected chi connectivity index (χ3v) is 3.22. The normalized spacial score (nSPS) is 10.2. The fraction of sp³-hybridized carbons (Fsp3) is 0.250. The molecule has 0 aliphatic carbocycles. The number of benzene rings is 1. The van der Waals surface area contributed by atoms with Crippen molar-refractivity contribution in [2.24, 2.45) is 0 Å². The molecule has 0 saturated heterocycles. The van der Waals surface area contributed by atoms with E-state index in [1.54, 1.807) is 24.5 Å². The van der Waals surface area contributed by atoms with Crippen molar-refractivity contribution in [3.63, 3.8) is 0 Å². The standard InChI is InChI=1S/C16H18N2O3/c1-11-5-6-13(8-12(11)2)16(20)18-10-15(19)17-9-14-4-3-7-21-14/h3-8H,9-10H2,1-2H3,(H,17,19)(H,18,20). The molecule has 0 unspecified atom stereocenters. The van der Waals surface area contributed by atoms with Gasteiger partial charge in [0.05, 0.1) is 19.4 Å². The molecule has 1 aromatic heterocycles. The fourth-order valence-corrected chi connectivity index (χ4v) is 1.81. The molecule has 0 fully saturated rings. The van der Waals surface area contributed by atoms with Crippen LogP contribution in [0, 0.1) is 13.8 Å². The minimum atomic E-state index is -0.261. The molecule has 0 bridgehead atoms. The molecule has 0 spiro atoms. The third-order valence-electron chi connectivity index (χ3n) is 3.22. The Morgan fingerprint density at radius 1 is 1.10 bits per heavy atom. The number of hydrogen-bond acceptors (Lipinski definition) is 3. The van der Waals surface area contributed by atoms with Crippen molar-refractivity contribution in [2.75, 3.05) is 6.54 Å². The largest absolute Gasteiger partial charge is 0.467 e. The summed E-state index contributed by atoms with van der Waals surface area (Å²) < 4.78 is 5.10. The van der Waals surface area contributed by atoms with Crippen molar-refractivity contribution < 1.29 is 14.0 Å². The Labute approximate surface area is 123 Å². The smallest absolute Gasteiger partial charge is 0.251 e. The summed E-state index contributed by atoms with van der Waals surface area (Å²) in [5.41, 5.74) is 2.73. The molecule has 2 amide bonds. The van der Waals surface area contributed by atoms with E-state index in [0.29, 0.717) is 17.9 Å². The van der Waals surface area contributed by atoms with Crippen molar-refractivity contribution in [1.82, 2.24) is 10.6 Å². The van der Waals surface area contributed by atoms with Gasteiger partial charge in [-0.05, 0) is 49.2 Å². The van der Waals surface area contributed by atoms with Crippen molar-refractivity contribution in [2.45, 2.75) is 20.4 Å². The monoisotopic (exact) mass is 286 g/mol. The van der Waals surface area contributed by atoms with Gasteiger partial charge in [-0.25, -0.2) is 0 Å². The Bertz CT molecular complexity index is 633. The summed E-state index contributed by atoms with van der Waals surface area (Å²) in [6, 6.07) is 8.97. The Hall–Kier alpha value is -2.56. The number of rotatable bonds is 5. The Balaban J connectivity index is 1.80. The maximum absolute atomic E-state index is 11.9.